The van der Waals surface area contributed by atoms with Gasteiger partial charge < -0.3 is 15.0 Å². The van der Waals surface area contributed by atoms with Crippen molar-refractivity contribution in [3.05, 3.63) is 34.8 Å². The third-order valence-corrected chi connectivity index (χ3v) is 4.23. The molecule has 0 fully saturated rings. The maximum atomic E-state index is 12.6. The van der Waals surface area contributed by atoms with Crippen molar-refractivity contribution in [1.82, 2.24) is 14.5 Å². The zero-order chi connectivity index (χ0) is 17.5. The third-order valence-electron chi connectivity index (χ3n) is 3.47. The number of ether oxygens (including phenoxy) is 1. The molecule has 0 bridgehead atoms. The highest BCUT2D eigenvalue weighted by Crippen LogP contribution is 2.23. The van der Waals surface area contributed by atoms with E-state index in [4.69, 9.17) is 4.74 Å². The Morgan fingerprint density at radius 3 is 2.71 bits per heavy atom. The number of carbonyl (C=O) groups is 2. The van der Waals surface area contributed by atoms with Gasteiger partial charge in [0.05, 0.1) is 18.5 Å². The van der Waals surface area contributed by atoms with E-state index in [2.05, 4.69) is 14.9 Å². The smallest absolute Gasteiger partial charge is 0.267 e. The van der Waals surface area contributed by atoms with Crippen LogP contribution in [0.2, 0.25) is 0 Å². The van der Waals surface area contributed by atoms with Gasteiger partial charge in [0.15, 0.2) is 0 Å². The summed E-state index contributed by atoms with van der Waals surface area (Å²) in [5.74, 6) is 0.0601. The lowest BCUT2D eigenvalue weighted by molar-refractivity contribution is -0.116. The molecule has 1 N–H and O–H groups in total. The molecule has 0 atom stereocenters. The SMILES string of the molecule is CCc1nnsc1C(=O)N(CC)CC(=O)Nc1ccccc1OC. The van der Waals surface area contributed by atoms with Gasteiger partial charge in [0.25, 0.3) is 5.91 Å². The Kier molecular flexibility index (Phi) is 6.25. The molecule has 2 rings (SSSR count). The number of anilines is 1. The molecule has 2 aromatic rings. The molecular weight excluding hydrogens is 328 g/mol. The molecule has 1 heterocycles. The maximum Gasteiger partial charge on any atom is 0.267 e. The second-order valence-electron chi connectivity index (χ2n) is 4.97. The molecule has 1 aromatic carbocycles. The Balaban J connectivity index is 2.07. The fraction of sp³-hybridized carbons (Fsp3) is 0.375. The van der Waals surface area contributed by atoms with Crippen molar-refractivity contribution >= 4 is 29.0 Å². The minimum absolute atomic E-state index is 0.0472. The molecule has 0 saturated heterocycles. The first-order valence-electron chi connectivity index (χ1n) is 7.64. The molecule has 2 amide bonds. The number of benzene rings is 1. The number of hydrogen-bond donors (Lipinski definition) is 1. The van der Waals surface area contributed by atoms with Crippen LogP contribution in [0.15, 0.2) is 24.3 Å². The number of rotatable bonds is 7. The Morgan fingerprint density at radius 1 is 1.29 bits per heavy atom. The molecule has 0 aliphatic heterocycles. The standard InChI is InChI=1S/C16H20N4O3S/c1-4-11-15(24-19-18-11)16(22)20(5-2)10-14(21)17-12-8-6-7-9-13(12)23-3/h6-9H,4-5,10H2,1-3H3,(H,17,21). The monoisotopic (exact) mass is 348 g/mol. The fourth-order valence-electron chi connectivity index (χ4n) is 2.18. The summed E-state index contributed by atoms with van der Waals surface area (Å²) < 4.78 is 9.03. The largest absolute Gasteiger partial charge is 0.495 e. The third kappa shape index (κ3) is 4.08. The minimum atomic E-state index is -0.287. The number of carbonyl (C=O) groups excluding carboxylic acids is 2. The quantitative estimate of drug-likeness (QED) is 0.829. The van der Waals surface area contributed by atoms with Crippen molar-refractivity contribution in [2.75, 3.05) is 25.5 Å². The average molecular weight is 348 g/mol. The average Bonchev–Trinajstić information content (AvgIpc) is 3.08. The Bertz CT molecular complexity index is 717. The van der Waals surface area contributed by atoms with E-state index < -0.39 is 0 Å². The molecule has 0 aliphatic rings. The van der Waals surface area contributed by atoms with Gasteiger partial charge in [0.2, 0.25) is 5.91 Å². The highest BCUT2D eigenvalue weighted by atomic mass is 32.1. The van der Waals surface area contributed by atoms with Crippen molar-refractivity contribution in [2.24, 2.45) is 0 Å². The highest BCUT2D eigenvalue weighted by Gasteiger charge is 2.22. The predicted molar refractivity (Wildman–Crippen MR) is 92.5 cm³/mol. The number of aromatic nitrogens is 2. The van der Waals surface area contributed by atoms with E-state index in [0.29, 0.717) is 35.0 Å². The number of para-hydroxylation sites is 2. The van der Waals surface area contributed by atoms with Gasteiger partial charge in [0.1, 0.15) is 17.2 Å². The van der Waals surface area contributed by atoms with Gasteiger partial charge >= 0.3 is 0 Å². The van der Waals surface area contributed by atoms with Crippen molar-refractivity contribution in [3.63, 3.8) is 0 Å². The summed E-state index contributed by atoms with van der Waals surface area (Å²) in [6, 6.07) is 7.13. The maximum absolute atomic E-state index is 12.6. The van der Waals surface area contributed by atoms with E-state index in [1.807, 2.05) is 19.9 Å². The van der Waals surface area contributed by atoms with Crippen molar-refractivity contribution in [3.8, 4) is 5.75 Å². The summed E-state index contributed by atoms with van der Waals surface area (Å²) in [4.78, 5) is 26.8. The van der Waals surface area contributed by atoms with Crippen LogP contribution in [0.1, 0.15) is 29.2 Å². The lowest BCUT2D eigenvalue weighted by atomic mass is 10.2. The molecule has 24 heavy (non-hydrogen) atoms. The van der Waals surface area contributed by atoms with E-state index in [1.54, 1.807) is 18.2 Å². The van der Waals surface area contributed by atoms with Crippen LogP contribution in [-0.4, -0.2) is 46.5 Å². The molecule has 7 nitrogen and oxygen atoms in total. The van der Waals surface area contributed by atoms with Crippen molar-refractivity contribution in [1.29, 1.82) is 0 Å². The van der Waals surface area contributed by atoms with E-state index >= 15 is 0 Å². The molecular formula is C16H20N4O3S. The van der Waals surface area contributed by atoms with Gasteiger partial charge in [-0.15, -0.1) is 5.10 Å². The van der Waals surface area contributed by atoms with Crippen molar-refractivity contribution < 1.29 is 14.3 Å². The number of amides is 2. The van der Waals surface area contributed by atoms with Crippen LogP contribution in [0.4, 0.5) is 5.69 Å². The van der Waals surface area contributed by atoms with Gasteiger partial charge in [-0.3, -0.25) is 9.59 Å². The second kappa shape index (κ2) is 8.39. The summed E-state index contributed by atoms with van der Waals surface area (Å²) in [6.07, 6.45) is 0.628. The van der Waals surface area contributed by atoms with Crippen LogP contribution >= 0.6 is 11.5 Å². The Morgan fingerprint density at radius 2 is 2.04 bits per heavy atom. The number of likely N-dealkylation sites (N-methyl/N-ethyl adjacent to an activating group) is 1. The second-order valence-corrected chi connectivity index (χ2v) is 5.72. The van der Waals surface area contributed by atoms with E-state index in [1.165, 1.54) is 12.0 Å². The lowest BCUT2D eigenvalue weighted by Gasteiger charge is -2.20. The van der Waals surface area contributed by atoms with E-state index in [-0.39, 0.29) is 18.4 Å². The summed E-state index contributed by atoms with van der Waals surface area (Å²) in [6.45, 7) is 4.11. The number of nitrogens with zero attached hydrogens (tertiary/aromatic N) is 3. The van der Waals surface area contributed by atoms with Crippen LogP contribution < -0.4 is 10.1 Å². The molecule has 0 saturated carbocycles. The Hall–Kier alpha value is -2.48. The summed E-state index contributed by atoms with van der Waals surface area (Å²) in [7, 11) is 1.54. The van der Waals surface area contributed by atoms with Gasteiger partial charge in [-0.05, 0) is 37.0 Å². The Labute approximate surface area is 144 Å². The molecule has 128 valence electrons. The highest BCUT2D eigenvalue weighted by molar-refractivity contribution is 7.08. The van der Waals surface area contributed by atoms with Gasteiger partial charge in [0, 0.05) is 6.54 Å². The summed E-state index contributed by atoms with van der Waals surface area (Å²) >= 11 is 1.06. The normalized spacial score (nSPS) is 10.3. The van der Waals surface area contributed by atoms with Crippen LogP contribution in [0, 0.1) is 0 Å². The zero-order valence-electron chi connectivity index (χ0n) is 13.9. The summed E-state index contributed by atoms with van der Waals surface area (Å²) in [5.41, 5.74) is 1.23. The van der Waals surface area contributed by atoms with E-state index in [0.717, 1.165) is 11.5 Å². The van der Waals surface area contributed by atoms with Crippen LogP contribution in [0.3, 0.4) is 0 Å². The van der Waals surface area contributed by atoms with Crippen LogP contribution in [-0.2, 0) is 11.2 Å². The first-order valence-corrected chi connectivity index (χ1v) is 8.41. The molecule has 8 heteroatoms. The topological polar surface area (TPSA) is 84.4 Å². The molecule has 1 aromatic heterocycles. The number of nitrogens with one attached hydrogen (secondary N) is 1. The summed E-state index contributed by atoms with van der Waals surface area (Å²) in [5, 5.41) is 6.72. The van der Waals surface area contributed by atoms with E-state index in [9.17, 15) is 9.59 Å². The van der Waals surface area contributed by atoms with Crippen LogP contribution in [0.5, 0.6) is 5.75 Å². The van der Waals surface area contributed by atoms with Gasteiger partial charge in [-0.2, -0.15) is 0 Å². The van der Waals surface area contributed by atoms with Gasteiger partial charge in [-0.25, -0.2) is 0 Å². The number of methoxy groups -OCH3 is 1. The molecule has 0 spiro atoms. The number of aryl methyl sites for hydroxylation is 1. The number of hydrogen-bond acceptors (Lipinski definition) is 6. The van der Waals surface area contributed by atoms with Gasteiger partial charge in [-0.1, -0.05) is 23.5 Å². The molecule has 0 aliphatic carbocycles. The molecule has 0 unspecified atom stereocenters. The predicted octanol–water partition coefficient (Wildman–Crippen LogP) is 2.21. The fourth-order valence-corrected chi connectivity index (χ4v) is 2.90. The first kappa shape index (κ1) is 17.9. The molecule has 0 radical (unpaired) electrons. The van der Waals surface area contributed by atoms with Crippen LogP contribution in [0.25, 0.3) is 0 Å². The minimum Gasteiger partial charge on any atom is -0.495 e. The van der Waals surface area contributed by atoms with Crippen molar-refractivity contribution in [2.45, 2.75) is 20.3 Å². The zero-order valence-corrected chi connectivity index (χ0v) is 14.7. The lowest BCUT2D eigenvalue weighted by Crippen LogP contribution is -2.38. The first-order chi connectivity index (χ1) is 11.6.